The molecule has 0 aliphatic carbocycles. The van der Waals surface area contributed by atoms with Crippen LogP contribution in [0.1, 0.15) is 33.1 Å². The molecular formula is C13H20O. The Morgan fingerprint density at radius 3 is 2.07 bits per heavy atom. The van der Waals surface area contributed by atoms with Gasteiger partial charge in [-0.25, -0.2) is 0 Å². The third-order valence-electron chi connectivity index (χ3n) is 3.16. The molecular weight excluding hydrogens is 172 g/mol. The van der Waals surface area contributed by atoms with Gasteiger partial charge in [0.05, 0.1) is 5.76 Å². The van der Waals surface area contributed by atoms with Gasteiger partial charge in [0.25, 0.3) is 0 Å². The highest BCUT2D eigenvalue weighted by atomic mass is 16.5. The van der Waals surface area contributed by atoms with Gasteiger partial charge < -0.3 is 4.74 Å². The molecule has 0 aromatic rings. The van der Waals surface area contributed by atoms with Crippen LogP contribution in [0.3, 0.4) is 0 Å². The van der Waals surface area contributed by atoms with E-state index in [0.29, 0.717) is 0 Å². The van der Waals surface area contributed by atoms with Gasteiger partial charge in [-0.1, -0.05) is 32.6 Å². The van der Waals surface area contributed by atoms with Crippen molar-refractivity contribution in [2.45, 2.75) is 38.7 Å². The van der Waals surface area contributed by atoms with Crippen LogP contribution in [-0.4, -0.2) is 5.60 Å². The summed E-state index contributed by atoms with van der Waals surface area (Å²) in [5.41, 5.74) is -0.0555. The van der Waals surface area contributed by atoms with Crippen LogP contribution in [-0.2, 0) is 4.74 Å². The first-order valence-electron chi connectivity index (χ1n) is 5.06. The van der Waals surface area contributed by atoms with Crippen LogP contribution in [0.5, 0.6) is 0 Å². The van der Waals surface area contributed by atoms with Gasteiger partial charge in [-0.3, -0.25) is 0 Å². The number of hydrogen-bond acceptors (Lipinski definition) is 1. The van der Waals surface area contributed by atoms with Crippen LogP contribution in [0.25, 0.3) is 0 Å². The van der Waals surface area contributed by atoms with E-state index in [9.17, 15) is 0 Å². The van der Waals surface area contributed by atoms with E-state index in [1.807, 2.05) is 12.2 Å². The van der Waals surface area contributed by atoms with E-state index >= 15 is 0 Å². The van der Waals surface area contributed by atoms with Crippen LogP contribution in [0, 0.1) is 5.41 Å². The van der Waals surface area contributed by atoms with Crippen molar-refractivity contribution in [3.05, 3.63) is 37.6 Å². The zero-order valence-electron chi connectivity index (χ0n) is 9.31. The minimum atomic E-state index is -0.173. The van der Waals surface area contributed by atoms with Crippen molar-refractivity contribution in [3.63, 3.8) is 0 Å². The Morgan fingerprint density at radius 1 is 1.29 bits per heavy atom. The lowest BCUT2D eigenvalue weighted by molar-refractivity contribution is -0.0246. The highest BCUT2D eigenvalue weighted by Gasteiger charge is 2.50. The summed E-state index contributed by atoms with van der Waals surface area (Å²) in [7, 11) is 0. The van der Waals surface area contributed by atoms with Crippen molar-refractivity contribution in [3.8, 4) is 0 Å². The molecule has 0 saturated carbocycles. The molecule has 1 fully saturated rings. The zero-order chi connectivity index (χ0) is 10.8. The summed E-state index contributed by atoms with van der Waals surface area (Å²) in [5, 5.41) is 0. The van der Waals surface area contributed by atoms with Crippen molar-refractivity contribution in [2.24, 2.45) is 5.41 Å². The van der Waals surface area contributed by atoms with Crippen LogP contribution in [0.4, 0.5) is 0 Å². The summed E-state index contributed by atoms with van der Waals surface area (Å²) < 4.78 is 5.91. The molecule has 0 spiro atoms. The second kappa shape index (κ2) is 3.64. The third kappa shape index (κ3) is 1.63. The third-order valence-corrected chi connectivity index (χ3v) is 3.16. The highest BCUT2D eigenvalue weighted by Crippen LogP contribution is 2.51. The molecule has 0 radical (unpaired) electrons. The fourth-order valence-corrected chi connectivity index (χ4v) is 2.29. The average molecular weight is 192 g/mol. The molecule has 0 unspecified atom stereocenters. The smallest absolute Gasteiger partial charge is 0.121 e. The standard InChI is InChI=1S/C13H20O/c1-6-8-13(9-7-2)12(4,5)10-11(3)14-13/h6-7H,1-3,8-10H2,4-5H3. The molecule has 0 aromatic carbocycles. The largest absolute Gasteiger partial charge is 0.491 e. The number of allylic oxidation sites excluding steroid dienone is 1. The van der Waals surface area contributed by atoms with Gasteiger partial charge >= 0.3 is 0 Å². The summed E-state index contributed by atoms with van der Waals surface area (Å²) in [6, 6.07) is 0. The van der Waals surface area contributed by atoms with E-state index < -0.39 is 0 Å². The fourth-order valence-electron chi connectivity index (χ4n) is 2.29. The van der Waals surface area contributed by atoms with E-state index in [2.05, 4.69) is 33.6 Å². The Labute approximate surface area is 87.2 Å². The number of rotatable bonds is 4. The quantitative estimate of drug-likeness (QED) is 0.615. The van der Waals surface area contributed by atoms with Gasteiger partial charge in [-0.05, 0) is 0 Å². The Balaban J connectivity index is 3.00. The van der Waals surface area contributed by atoms with Gasteiger partial charge in [0.2, 0.25) is 0 Å². The molecule has 1 aliphatic heterocycles. The Hall–Kier alpha value is -0.980. The van der Waals surface area contributed by atoms with Crippen molar-refractivity contribution in [2.75, 3.05) is 0 Å². The van der Waals surface area contributed by atoms with E-state index in [1.54, 1.807) is 0 Å². The molecule has 1 rings (SSSR count). The lowest BCUT2D eigenvalue weighted by atomic mass is 9.71. The van der Waals surface area contributed by atoms with Crippen molar-refractivity contribution in [1.82, 2.24) is 0 Å². The number of hydrogen-bond donors (Lipinski definition) is 0. The van der Waals surface area contributed by atoms with Gasteiger partial charge in [-0.15, -0.1) is 13.2 Å². The summed E-state index contributed by atoms with van der Waals surface area (Å²) >= 11 is 0. The average Bonchev–Trinajstić information content (AvgIpc) is 2.22. The number of ether oxygens (including phenoxy) is 1. The molecule has 1 aliphatic rings. The molecule has 0 amide bonds. The van der Waals surface area contributed by atoms with Gasteiger partial charge in [0, 0.05) is 24.7 Å². The van der Waals surface area contributed by atoms with Crippen LogP contribution < -0.4 is 0 Å². The molecule has 0 aromatic heterocycles. The Kier molecular flexibility index (Phi) is 2.89. The molecule has 1 heterocycles. The predicted octanol–water partition coefficient (Wildman–Crippen LogP) is 3.84. The first-order chi connectivity index (χ1) is 6.47. The first kappa shape index (κ1) is 11.1. The minimum absolute atomic E-state index is 0.118. The maximum absolute atomic E-state index is 5.91. The normalized spacial score (nSPS) is 22.9. The predicted molar refractivity (Wildman–Crippen MR) is 61.0 cm³/mol. The molecule has 78 valence electrons. The molecule has 14 heavy (non-hydrogen) atoms. The summed E-state index contributed by atoms with van der Waals surface area (Å²) in [4.78, 5) is 0. The van der Waals surface area contributed by atoms with Gasteiger partial charge in [0.15, 0.2) is 0 Å². The van der Waals surface area contributed by atoms with Crippen molar-refractivity contribution in [1.29, 1.82) is 0 Å². The first-order valence-corrected chi connectivity index (χ1v) is 5.06. The molecule has 1 nitrogen and oxygen atoms in total. The maximum Gasteiger partial charge on any atom is 0.121 e. The molecule has 0 N–H and O–H groups in total. The summed E-state index contributed by atoms with van der Waals surface area (Å²) in [6.07, 6.45) is 6.47. The van der Waals surface area contributed by atoms with Gasteiger partial charge in [-0.2, -0.15) is 0 Å². The lowest BCUT2D eigenvalue weighted by Gasteiger charge is -2.38. The summed E-state index contributed by atoms with van der Waals surface area (Å²) in [6.45, 7) is 16.0. The van der Waals surface area contributed by atoms with E-state index in [0.717, 1.165) is 25.0 Å². The van der Waals surface area contributed by atoms with Gasteiger partial charge in [0.1, 0.15) is 5.60 Å². The fraction of sp³-hybridized carbons (Fsp3) is 0.538. The lowest BCUT2D eigenvalue weighted by Crippen LogP contribution is -2.40. The molecule has 1 heteroatoms. The molecule has 1 saturated heterocycles. The minimum Gasteiger partial charge on any atom is -0.491 e. The van der Waals surface area contributed by atoms with Crippen molar-refractivity contribution < 1.29 is 4.74 Å². The maximum atomic E-state index is 5.91. The highest BCUT2D eigenvalue weighted by molar-refractivity contribution is 5.13. The van der Waals surface area contributed by atoms with Crippen LogP contribution in [0.15, 0.2) is 37.6 Å². The van der Waals surface area contributed by atoms with Crippen LogP contribution in [0.2, 0.25) is 0 Å². The van der Waals surface area contributed by atoms with E-state index in [4.69, 9.17) is 4.74 Å². The zero-order valence-corrected chi connectivity index (χ0v) is 9.31. The topological polar surface area (TPSA) is 9.23 Å². The summed E-state index contributed by atoms with van der Waals surface area (Å²) in [5.74, 6) is 0.888. The van der Waals surface area contributed by atoms with E-state index in [-0.39, 0.29) is 11.0 Å². The van der Waals surface area contributed by atoms with Crippen LogP contribution >= 0.6 is 0 Å². The SMILES string of the molecule is C=CCC1(CC=C)OC(=C)CC1(C)C. The monoisotopic (exact) mass is 192 g/mol. The molecule has 0 bridgehead atoms. The Morgan fingerprint density at radius 2 is 1.79 bits per heavy atom. The Bertz CT molecular complexity index is 250. The van der Waals surface area contributed by atoms with Crippen molar-refractivity contribution >= 4 is 0 Å². The molecule has 0 atom stereocenters. The second-order valence-electron chi connectivity index (χ2n) is 4.68. The second-order valence-corrected chi connectivity index (χ2v) is 4.68. The van der Waals surface area contributed by atoms with E-state index in [1.165, 1.54) is 0 Å².